The number of nitrogens with two attached hydrogens (primary N) is 1. The first-order valence-corrected chi connectivity index (χ1v) is 6.79. The standard InChI is InChI=1S/C11H14N4O2S/c1-15-8-11(6-10(15)7-12)18(16,17)14-9-2-4-13-5-3-9/h2-6,8H,7,12H2,1H3,(H,13,14). The van der Waals surface area contributed by atoms with Crippen LogP contribution in [-0.2, 0) is 23.6 Å². The normalized spacial score (nSPS) is 11.4. The Balaban J connectivity index is 2.31. The molecule has 6 nitrogen and oxygen atoms in total. The van der Waals surface area contributed by atoms with Crippen molar-refractivity contribution in [3.05, 3.63) is 42.5 Å². The molecule has 0 fully saturated rings. The van der Waals surface area contributed by atoms with Crippen LogP contribution in [0.1, 0.15) is 5.69 Å². The Kier molecular flexibility index (Phi) is 3.35. The molecule has 18 heavy (non-hydrogen) atoms. The van der Waals surface area contributed by atoms with E-state index in [1.54, 1.807) is 29.8 Å². The van der Waals surface area contributed by atoms with Gasteiger partial charge < -0.3 is 10.3 Å². The monoisotopic (exact) mass is 266 g/mol. The Morgan fingerprint density at radius 3 is 2.61 bits per heavy atom. The van der Waals surface area contributed by atoms with E-state index in [9.17, 15) is 8.42 Å². The fraction of sp³-hybridized carbons (Fsp3) is 0.182. The Labute approximate surface area is 106 Å². The first-order chi connectivity index (χ1) is 8.53. The van der Waals surface area contributed by atoms with E-state index in [4.69, 9.17) is 5.73 Å². The summed E-state index contributed by atoms with van der Waals surface area (Å²) in [5.74, 6) is 0. The lowest BCUT2D eigenvalue weighted by atomic mass is 10.4. The number of hydrogen-bond donors (Lipinski definition) is 2. The van der Waals surface area contributed by atoms with Gasteiger partial charge in [-0.25, -0.2) is 8.42 Å². The highest BCUT2D eigenvalue weighted by Gasteiger charge is 2.17. The van der Waals surface area contributed by atoms with Gasteiger partial charge in [0.2, 0.25) is 0 Å². The van der Waals surface area contributed by atoms with Crippen molar-refractivity contribution in [2.45, 2.75) is 11.4 Å². The Bertz CT molecular complexity index is 634. The van der Waals surface area contributed by atoms with Gasteiger partial charge in [0.05, 0.1) is 5.69 Å². The molecule has 7 heteroatoms. The molecule has 0 radical (unpaired) electrons. The number of rotatable bonds is 4. The van der Waals surface area contributed by atoms with Gasteiger partial charge in [-0.1, -0.05) is 0 Å². The third kappa shape index (κ3) is 2.52. The lowest BCUT2D eigenvalue weighted by Gasteiger charge is -2.05. The summed E-state index contributed by atoms with van der Waals surface area (Å²) in [6, 6.07) is 4.73. The average molecular weight is 266 g/mol. The van der Waals surface area contributed by atoms with Crippen molar-refractivity contribution in [1.29, 1.82) is 0 Å². The van der Waals surface area contributed by atoms with Crippen LogP contribution in [0.5, 0.6) is 0 Å². The molecule has 0 aromatic carbocycles. The van der Waals surface area contributed by atoms with Crippen LogP contribution >= 0.6 is 0 Å². The predicted molar refractivity (Wildman–Crippen MR) is 68.3 cm³/mol. The number of nitrogens with zero attached hydrogens (tertiary/aromatic N) is 2. The molecule has 3 N–H and O–H groups in total. The summed E-state index contributed by atoms with van der Waals surface area (Å²) in [5.41, 5.74) is 6.75. The van der Waals surface area contributed by atoms with Crippen molar-refractivity contribution in [1.82, 2.24) is 9.55 Å². The molecule has 0 bridgehead atoms. The predicted octanol–water partition coefficient (Wildman–Crippen LogP) is 0.680. The van der Waals surface area contributed by atoms with Crippen molar-refractivity contribution in [2.24, 2.45) is 12.8 Å². The molecule has 0 aliphatic carbocycles. The van der Waals surface area contributed by atoms with Crippen LogP contribution in [0.25, 0.3) is 0 Å². The molecule has 0 spiro atoms. The van der Waals surface area contributed by atoms with E-state index in [-0.39, 0.29) is 4.90 Å². The second-order valence-corrected chi connectivity index (χ2v) is 5.51. The van der Waals surface area contributed by atoms with E-state index in [1.807, 2.05) is 0 Å². The summed E-state index contributed by atoms with van der Waals surface area (Å²) < 4.78 is 28.4. The van der Waals surface area contributed by atoms with E-state index in [2.05, 4.69) is 9.71 Å². The van der Waals surface area contributed by atoms with Gasteiger partial charge in [-0.15, -0.1) is 0 Å². The van der Waals surface area contributed by atoms with Crippen LogP contribution in [0.3, 0.4) is 0 Å². The maximum atomic E-state index is 12.1. The molecule has 0 aliphatic heterocycles. The third-order valence-corrected chi connectivity index (χ3v) is 3.88. The highest BCUT2D eigenvalue weighted by Crippen LogP contribution is 2.17. The largest absolute Gasteiger partial charge is 0.352 e. The minimum Gasteiger partial charge on any atom is -0.352 e. The molecule has 0 amide bonds. The van der Waals surface area contributed by atoms with E-state index >= 15 is 0 Å². The van der Waals surface area contributed by atoms with Gasteiger partial charge in [0, 0.05) is 37.9 Å². The van der Waals surface area contributed by atoms with Crippen LogP contribution in [0.4, 0.5) is 5.69 Å². The quantitative estimate of drug-likeness (QED) is 0.851. The zero-order valence-electron chi connectivity index (χ0n) is 9.87. The van der Waals surface area contributed by atoms with Crippen molar-refractivity contribution in [3.63, 3.8) is 0 Å². The zero-order valence-corrected chi connectivity index (χ0v) is 10.7. The summed E-state index contributed by atoms with van der Waals surface area (Å²) in [4.78, 5) is 4.02. The number of sulfonamides is 1. The first kappa shape index (κ1) is 12.6. The second-order valence-electron chi connectivity index (χ2n) is 3.82. The Morgan fingerprint density at radius 2 is 2.06 bits per heavy atom. The minimum absolute atomic E-state index is 0.197. The SMILES string of the molecule is Cn1cc(S(=O)(=O)Nc2ccncc2)cc1CN. The van der Waals surface area contributed by atoms with Gasteiger partial charge in [0.1, 0.15) is 4.90 Å². The van der Waals surface area contributed by atoms with Gasteiger partial charge in [0.25, 0.3) is 10.0 Å². The topological polar surface area (TPSA) is 90.0 Å². The lowest BCUT2D eigenvalue weighted by molar-refractivity contribution is 0.601. The molecule has 0 atom stereocenters. The molecule has 2 aromatic rings. The molecular formula is C11H14N4O2S. The van der Waals surface area contributed by atoms with E-state index < -0.39 is 10.0 Å². The number of anilines is 1. The number of pyridine rings is 1. The number of hydrogen-bond acceptors (Lipinski definition) is 4. The third-order valence-electron chi connectivity index (χ3n) is 2.53. The smallest absolute Gasteiger partial charge is 0.263 e. The van der Waals surface area contributed by atoms with Crippen molar-refractivity contribution in [3.8, 4) is 0 Å². The van der Waals surface area contributed by atoms with Gasteiger partial charge in [-0.2, -0.15) is 0 Å². The average Bonchev–Trinajstić information content (AvgIpc) is 2.72. The van der Waals surface area contributed by atoms with Gasteiger partial charge in [0.15, 0.2) is 0 Å². The van der Waals surface area contributed by atoms with Crippen molar-refractivity contribution >= 4 is 15.7 Å². The fourth-order valence-corrected chi connectivity index (χ4v) is 2.71. The van der Waals surface area contributed by atoms with Gasteiger partial charge in [-0.05, 0) is 18.2 Å². The Hall–Kier alpha value is -1.86. The maximum absolute atomic E-state index is 12.1. The molecule has 2 heterocycles. The van der Waals surface area contributed by atoms with E-state index in [0.29, 0.717) is 12.2 Å². The summed E-state index contributed by atoms with van der Waals surface area (Å²) in [5, 5.41) is 0. The number of nitrogens with one attached hydrogen (secondary N) is 1. The molecule has 0 saturated carbocycles. The van der Waals surface area contributed by atoms with Gasteiger partial charge >= 0.3 is 0 Å². The first-order valence-electron chi connectivity index (χ1n) is 5.31. The van der Waals surface area contributed by atoms with Gasteiger partial charge in [-0.3, -0.25) is 9.71 Å². The van der Waals surface area contributed by atoms with Crippen molar-refractivity contribution in [2.75, 3.05) is 4.72 Å². The molecule has 0 aliphatic rings. The number of aromatic nitrogens is 2. The molecule has 0 saturated heterocycles. The lowest BCUT2D eigenvalue weighted by Crippen LogP contribution is -2.12. The van der Waals surface area contributed by atoms with Crippen LogP contribution in [-0.4, -0.2) is 18.0 Å². The highest BCUT2D eigenvalue weighted by atomic mass is 32.2. The zero-order chi connectivity index (χ0) is 13.2. The van der Waals surface area contributed by atoms with E-state index in [1.165, 1.54) is 18.6 Å². The second kappa shape index (κ2) is 4.79. The molecular weight excluding hydrogens is 252 g/mol. The summed E-state index contributed by atoms with van der Waals surface area (Å²) >= 11 is 0. The van der Waals surface area contributed by atoms with Crippen LogP contribution in [0.15, 0.2) is 41.7 Å². The van der Waals surface area contributed by atoms with Crippen LogP contribution < -0.4 is 10.5 Å². The Morgan fingerprint density at radius 1 is 1.39 bits per heavy atom. The fourth-order valence-electron chi connectivity index (χ4n) is 1.56. The molecule has 2 aromatic heterocycles. The maximum Gasteiger partial charge on any atom is 0.263 e. The van der Waals surface area contributed by atoms with Crippen LogP contribution in [0, 0.1) is 0 Å². The summed E-state index contributed by atoms with van der Waals surface area (Å²) in [6.45, 7) is 0.293. The molecule has 2 rings (SSSR count). The molecule has 96 valence electrons. The highest BCUT2D eigenvalue weighted by molar-refractivity contribution is 7.92. The summed E-state index contributed by atoms with van der Waals surface area (Å²) in [7, 11) is -1.82. The van der Waals surface area contributed by atoms with Crippen molar-refractivity contribution < 1.29 is 8.42 Å². The van der Waals surface area contributed by atoms with Crippen LogP contribution in [0.2, 0.25) is 0 Å². The molecule has 0 unspecified atom stereocenters. The minimum atomic E-state index is -3.58. The van der Waals surface area contributed by atoms with E-state index in [0.717, 1.165) is 5.69 Å². The summed E-state index contributed by atoms with van der Waals surface area (Å²) in [6.07, 6.45) is 4.58. The number of aryl methyl sites for hydroxylation is 1.